The van der Waals surface area contributed by atoms with E-state index in [2.05, 4.69) is 13.6 Å². The predicted molar refractivity (Wildman–Crippen MR) is 33.8 cm³/mol. The Morgan fingerprint density at radius 3 is 1.55 bits per heavy atom. The molecule has 3 radical (unpaired) electrons. The van der Waals surface area contributed by atoms with Gasteiger partial charge in [0.15, 0.2) is 0 Å². The molecule has 0 heterocycles. The Kier molecular flexibility index (Phi) is 71.6. The van der Waals surface area contributed by atoms with Crippen molar-refractivity contribution < 1.29 is 39.6 Å². The maximum atomic E-state index is 9.38. The van der Waals surface area contributed by atoms with E-state index >= 15 is 0 Å². The van der Waals surface area contributed by atoms with E-state index in [1.165, 1.54) is 6.92 Å². The molecule has 0 aliphatic heterocycles. The van der Waals surface area contributed by atoms with Crippen LogP contribution < -0.4 is 0 Å². The molecule has 0 bridgehead atoms. The fraction of sp³-hybridized carbons (Fsp3) is 0.167. The van der Waals surface area contributed by atoms with E-state index in [1.54, 1.807) is 0 Å². The van der Waals surface area contributed by atoms with Gasteiger partial charge in [-0.05, 0) is 6.92 Å². The molecule has 0 unspecified atom stereocenters. The van der Waals surface area contributed by atoms with E-state index in [0.717, 1.165) is 6.08 Å². The van der Waals surface area contributed by atoms with Crippen LogP contribution in [0.1, 0.15) is 6.92 Å². The van der Waals surface area contributed by atoms with Crippen LogP contribution in [0.25, 0.3) is 0 Å². The van der Waals surface area contributed by atoms with Crippen molar-refractivity contribution in [3.8, 4) is 0 Å². The molecule has 0 fully saturated rings. The van der Waals surface area contributed by atoms with Crippen molar-refractivity contribution in [2.75, 3.05) is 0 Å². The summed E-state index contributed by atoms with van der Waals surface area (Å²) in [6.45, 7) is 10.4. The number of allylic oxidation sites excluding steroid dienone is 2. The first-order valence-electron chi connectivity index (χ1n) is 1.99. The van der Waals surface area contributed by atoms with Crippen molar-refractivity contribution in [1.82, 2.24) is 0 Å². The summed E-state index contributed by atoms with van der Waals surface area (Å²) in [4.78, 5) is 24.4. The van der Waals surface area contributed by atoms with Crippen LogP contribution >= 0.6 is 0 Å². The van der Waals surface area contributed by atoms with Gasteiger partial charge in [0.25, 0.3) is 0 Å². The Bertz CT molecular complexity index is 96.8. The molecular formula is C6H6IrO4-2. The zero-order valence-electron chi connectivity index (χ0n) is 5.66. The van der Waals surface area contributed by atoms with E-state index in [4.69, 9.17) is 14.7 Å². The average molecular weight is 334 g/mol. The van der Waals surface area contributed by atoms with Crippen molar-refractivity contribution in [2.45, 2.75) is 6.92 Å². The molecule has 11 heavy (non-hydrogen) atoms. The van der Waals surface area contributed by atoms with Crippen LogP contribution in [0, 0.1) is 0 Å². The van der Waals surface area contributed by atoms with Gasteiger partial charge in [0.1, 0.15) is 6.29 Å². The zero-order chi connectivity index (χ0) is 8.99. The first kappa shape index (κ1) is 22.5. The van der Waals surface area contributed by atoms with Gasteiger partial charge in [-0.3, -0.25) is 4.79 Å². The summed E-state index contributed by atoms with van der Waals surface area (Å²) in [5, 5.41) is 8.18. The summed E-state index contributed by atoms with van der Waals surface area (Å²) >= 11 is 0. The number of hydrogen-bond donors (Lipinski definition) is 1. The Labute approximate surface area is 78.6 Å². The number of aldehydes is 1. The van der Waals surface area contributed by atoms with E-state index in [1.807, 2.05) is 0 Å². The summed E-state index contributed by atoms with van der Waals surface area (Å²) < 4.78 is 0. The summed E-state index contributed by atoms with van der Waals surface area (Å²) in [5.41, 5.74) is 0. The molecule has 0 spiro atoms. The molecule has 4 nitrogen and oxygen atoms in total. The fourth-order valence-electron chi connectivity index (χ4n) is 0.0985. The quantitative estimate of drug-likeness (QED) is 0.313. The van der Waals surface area contributed by atoms with Crippen molar-refractivity contribution >= 4 is 19.9 Å². The maximum Gasteiger partial charge on any atom is 0.146 e. The van der Waals surface area contributed by atoms with E-state index < -0.39 is 0 Å². The molecule has 0 amide bonds. The molecule has 0 aliphatic rings. The van der Waals surface area contributed by atoms with Gasteiger partial charge in [-0.1, -0.05) is 0 Å². The average Bonchev–Trinajstić information content (AvgIpc) is 1.96. The molecule has 0 saturated heterocycles. The van der Waals surface area contributed by atoms with Gasteiger partial charge in [0.2, 0.25) is 0 Å². The molecular weight excluding hydrogens is 328 g/mol. The molecule has 0 aromatic rings. The second-order valence-corrected chi connectivity index (χ2v) is 0.944. The van der Waals surface area contributed by atoms with E-state index in [0.29, 0.717) is 6.29 Å². The van der Waals surface area contributed by atoms with Gasteiger partial charge in [-0.2, -0.15) is 0 Å². The number of aliphatic hydroxyl groups excluding tert-OH is 1. The summed E-state index contributed by atoms with van der Waals surface area (Å²) in [6, 6.07) is 0. The minimum atomic E-state index is 0. The minimum absolute atomic E-state index is 0. The van der Waals surface area contributed by atoms with Crippen molar-refractivity contribution in [3.05, 3.63) is 11.8 Å². The molecule has 0 atom stereocenters. The standard InChI is InChI=1S/C4H6O2.2CO.Ir/c1-4(6)2-3-5;2*1-2;/h2-3,6H,1H3;;;/q;2*-1;/b4-2-;;;. The molecule has 5 heteroatoms. The monoisotopic (exact) mass is 335 g/mol. The number of aliphatic hydroxyl groups is 1. The van der Waals surface area contributed by atoms with Gasteiger partial charge in [0, 0.05) is 26.2 Å². The van der Waals surface area contributed by atoms with Crippen molar-refractivity contribution in [3.63, 3.8) is 0 Å². The molecule has 1 N–H and O–H groups in total. The molecule has 0 aromatic heterocycles. The number of carbonyl (C=O) groups excluding carboxylic acids is 3. The van der Waals surface area contributed by atoms with Crippen LogP contribution in [0.5, 0.6) is 0 Å². The fourth-order valence-corrected chi connectivity index (χ4v) is 0.0985. The Morgan fingerprint density at radius 1 is 1.27 bits per heavy atom. The molecule has 0 aromatic carbocycles. The summed E-state index contributed by atoms with van der Waals surface area (Å²) in [6.07, 6.45) is 1.62. The summed E-state index contributed by atoms with van der Waals surface area (Å²) in [5.74, 6) is 0.0463. The first-order chi connectivity index (χ1) is 4.77. The second kappa shape index (κ2) is 35.1. The topological polar surface area (TPSA) is 71.4 Å². The smallest absolute Gasteiger partial charge is 0.146 e. The van der Waals surface area contributed by atoms with Crippen LogP contribution in [0.2, 0.25) is 0 Å². The van der Waals surface area contributed by atoms with E-state index in [9.17, 15) is 4.79 Å². The Morgan fingerprint density at radius 2 is 1.55 bits per heavy atom. The first-order valence-corrected chi connectivity index (χ1v) is 1.99. The molecule has 0 rings (SSSR count). The SMILES string of the molecule is C/C(O)=C/C=O.[C-]=O.[C-]=O.[Ir]. The van der Waals surface area contributed by atoms with Crippen molar-refractivity contribution in [1.29, 1.82) is 0 Å². The largest absolute Gasteiger partial charge is 0.573 e. The summed E-state index contributed by atoms with van der Waals surface area (Å²) in [7, 11) is 0. The third-order valence-corrected chi connectivity index (χ3v) is 0.309. The van der Waals surface area contributed by atoms with Crippen LogP contribution in [0.15, 0.2) is 11.8 Å². The van der Waals surface area contributed by atoms with Gasteiger partial charge < -0.3 is 28.3 Å². The predicted octanol–water partition coefficient (Wildman–Crippen LogP) is -0.150. The number of carbonyl (C=O) groups is 1. The Balaban J connectivity index is -0.0000000428. The molecule has 65 valence electrons. The zero-order valence-corrected chi connectivity index (χ0v) is 8.06. The normalized spacial score (nSPS) is 6.82. The van der Waals surface area contributed by atoms with Crippen LogP contribution in [-0.2, 0) is 34.5 Å². The van der Waals surface area contributed by atoms with Crippen LogP contribution in [0.4, 0.5) is 0 Å². The van der Waals surface area contributed by atoms with E-state index in [-0.39, 0.29) is 25.9 Å². The number of rotatable bonds is 1. The van der Waals surface area contributed by atoms with Gasteiger partial charge >= 0.3 is 0 Å². The van der Waals surface area contributed by atoms with Crippen LogP contribution in [0.3, 0.4) is 0 Å². The molecule has 0 aliphatic carbocycles. The van der Waals surface area contributed by atoms with Gasteiger partial charge in [-0.25, -0.2) is 0 Å². The third kappa shape index (κ3) is 98.6. The second-order valence-electron chi connectivity index (χ2n) is 0.944. The van der Waals surface area contributed by atoms with Gasteiger partial charge in [0.05, 0.1) is 5.76 Å². The minimum Gasteiger partial charge on any atom is -0.573 e. The Hall–Kier alpha value is -0.801. The van der Waals surface area contributed by atoms with Gasteiger partial charge in [-0.15, -0.1) is 0 Å². The third-order valence-electron chi connectivity index (χ3n) is 0.309. The van der Waals surface area contributed by atoms with Crippen LogP contribution in [-0.4, -0.2) is 25.0 Å². The maximum absolute atomic E-state index is 9.38. The molecule has 0 saturated carbocycles. The van der Waals surface area contributed by atoms with Crippen molar-refractivity contribution in [2.24, 2.45) is 0 Å². The number of hydrogen-bond acceptors (Lipinski definition) is 4.